The normalized spacial score (nSPS) is 11.9. The van der Waals surface area contributed by atoms with Gasteiger partial charge in [0, 0.05) is 5.41 Å². The average Bonchev–Trinajstić information content (AvgIpc) is 1.94. The summed E-state index contributed by atoms with van der Waals surface area (Å²) in [4.78, 5) is 22.4. The molecule has 0 saturated carbocycles. The third kappa shape index (κ3) is 6.76. The fraction of sp³-hybridized carbons (Fsp3) is 0.800. The summed E-state index contributed by atoms with van der Waals surface area (Å²) in [6.45, 7) is 10.4. The molecule has 87 valence electrons. The molecule has 5 nitrogen and oxygen atoms in total. The fourth-order valence-corrected chi connectivity index (χ4v) is 0.549. The third-order valence-electron chi connectivity index (χ3n) is 1.32. The van der Waals surface area contributed by atoms with Crippen molar-refractivity contribution in [1.82, 2.24) is 10.9 Å². The highest BCUT2D eigenvalue weighted by Gasteiger charge is 2.23. The van der Waals surface area contributed by atoms with Crippen LogP contribution in [0, 0.1) is 5.41 Å². The summed E-state index contributed by atoms with van der Waals surface area (Å²) in [6, 6.07) is 0. The number of rotatable bonds is 0. The van der Waals surface area contributed by atoms with E-state index in [0.717, 1.165) is 0 Å². The van der Waals surface area contributed by atoms with Gasteiger partial charge in [-0.1, -0.05) is 26.2 Å². The van der Waals surface area contributed by atoms with Gasteiger partial charge in [0.1, 0.15) is 5.60 Å². The second kappa shape index (κ2) is 4.51. The number of hydrogen-bond donors (Lipinski definition) is 1. The van der Waals surface area contributed by atoms with Gasteiger partial charge >= 0.3 is 6.09 Å². The first-order chi connectivity index (χ1) is 6.52. The van der Waals surface area contributed by atoms with Crippen LogP contribution in [0.2, 0.25) is 0 Å². The Labute approximate surface area is 90.5 Å². The van der Waals surface area contributed by atoms with E-state index in [1.165, 1.54) is 0 Å². The summed E-state index contributed by atoms with van der Waals surface area (Å²) in [7, 11) is 0. The first-order valence-corrected chi connectivity index (χ1v) is 4.76. The van der Waals surface area contributed by atoms with Crippen molar-refractivity contribution >= 4 is 12.0 Å². The fourth-order valence-electron chi connectivity index (χ4n) is 0.549. The molecule has 0 spiro atoms. The van der Waals surface area contributed by atoms with E-state index in [2.05, 4.69) is 10.9 Å². The minimum atomic E-state index is -0.792. The molecule has 0 saturated heterocycles. The van der Waals surface area contributed by atoms with Gasteiger partial charge in [-0.2, -0.15) is 0 Å². The lowest BCUT2D eigenvalue weighted by atomic mass is 9.96. The monoisotopic (exact) mass is 215 g/mol. The lowest BCUT2D eigenvalue weighted by Gasteiger charge is -2.20. The van der Waals surface area contributed by atoms with Gasteiger partial charge in [-0.25, -0.2) is 10.2 Å². The lowest BCUT2D eigenvalue weighted by Crippen LogP contribution is -2.43. The molecular formula is C10H19N2O3. The Morgan fingerprint density at radius 3 is 1.87 bits per heavy atom. The van der Waals surface area contributed by atoms with Crippen molar-refractivity contribution in [2.75, 3.05) is 0 Å². The van der Waals surface area contributed by atoms with Crippen molar-refractivity contribution in [2.45, 2.75) is 47.1 Å². The largest absolute Gasteiger partial charge is 0.451 e. The number of carbonyl (C=O) groups excluding carboxylic acids is 2. The Kier molecular flexibility index (Phi) is 4.13. The predicted octanol–water partition coefficient (Wildman–Crippen LogP) is 1.60. The summed E-state index contributed by atoms with van der Waals surface area (Å²) >= 11 is 0. The van der Waals surface area contributed by atoms with Crippen molar-refractivity contribution in [3.05, 3.63) is 0 Å². The molecular weight excluding hydrogens is 196 g/mol. The maximum absolute atomic E-state index is 11.3. The van der Waals surface area contributed by atoms with Crippen LogP contribution in [0.5, 0.6) is 0 Å². The first kappa shape index (κ1) is 13.7. The van der Waals surface area contributed by atoms with Crippen molar-refractivity contribution in [2.24, 2.45) is 5.41 Å². The van der Waals surface area contributed by atoms with Crippen LogP contribution >= 0.6 is 0 Å². The molecule has 0 aliphatic rings. The zero-order valence-corrected chi connectivity index (χ0v) is 10.2. The molecule has 0 rings (SSSR count). The van der Waals surface area contributed by atoms with Gasteiger partial charge in [0.05, 0.1) is 0 Å². The maximum atomic E-state index is 11.3. The van der Waals surface area contributed by atoms with Crippen molar-refractivity contribution in [3.63, 3.8) is 0 Å². The van der Waals surface area contributed by atoms with Crippen LogP contribution in [0.3, 0.4) is 0 Å². The SMILES string of the molecule is CC(C)(C)OC(=O)[N]NC(=O)C(C)(C)C. The van der Waals surface area contributed by atoms with Gasteiger partial charge in [0.25, 0.3) is 0 Å². The van der Waals surface area contributed by atoms with Crippen LogP contribution in [0.4, 0.5) is 4.79 Å². The molecule has 2 amide bonds. The van der Waals surface area contributed by atoms with Crippen LogP contribution in [0.25, 0.3) is 0 Å². The molecule has 1 N–H and O–H groups in total. The smallest absolute Gasteiger partial charge is 0.441 e. The Balaban J connectivity index is 3.98. The van der Waals surface area contributed by atoms with Gasteiger partial charge in [-0.15, -0.1) is 0 Å². The highest BCUT2D eigenvalue weighted by atomic mass is 16.6. The van der Waals surface area contributed by atoms with Crippen LogP contribution in [-0.4, -0.2) is 17.6 Å². The van der Waals surface area contributed by atoms with Crippen molar-refractivity contribution in [1.29, 1.82) is 0 Å². The summed E-state index contributed by atoms with van der Waals surface area (Å²) < 4.78 is 4.88. The Hall–Kier alpha value is -1.26. The first-order valence-electron chi connectivity index (χ1n) is 4.76. The minimum absolute atomic E-state index is 0.326. The van der Waals surface area contributed by atoms with E-state index in [-0.39, 0.29) is 5.91 Å². The molecule has 0 bridgehead atoms. The Bertz CT molecular complexity index is 248. The van der Waals surface area contributed by atoms with Gasteiger partial charge in [0.15, 0.2) is 0 Å². The summed E-state index contributed by atoms with van der Waals surface area (Å²) in [5.74, 6) is -0.326. The van der Waals surface area contributed by atoms with Crippen molar-refractivity contribution in [3.8, 4) is 0 Å². The Morgan fingerprint density at radius 1 is 1.07 bits per heavy atom. The van der Waals surface area contributed by atoms with E-state index in [0.29, 0.717) is 0 Å². The molecule has 0 aliphatic carbocycles. The topological polar surface area (TPSA) is 69.5 Å². The molecule has 0 heterocycles. The van der Waals surface area contributed by atoms with Crippen LogP contribution in [0.15, 0.2) is 0 Å². The van der Waals surface area contributed by atoms with Gasteiger partial charge < -0.3 is 4.74 Å². The predicted molar refractivity (Wildman–Crippen MR) is 56.0 cm³/mol. The highest BCUT2D eigenvalue weighted by molar-refractivity contribution is 5.83. The highest BCUT2D eigenvalue weighted by Crippen LogP contribution is 2.12. The van der Waals surface area contributed by atoms with E-state index in [1.807, 2.05) is 0 Å². The second-order valence-electron chi connectivity index (χ2n) is 5.28. The van der Waals surface area contributed by atoms with E-state index in [4.69, 9.17) is 4.74 Å². The molecule has 1 radical (unpaired) electrons. The molecule has 0 unspecified atom stereocenters. The van der Waals surface area contributed by atoms with Gasteiger partial charge in [0.2, 0.25) is 5.91 Å². The molecule has 0 aliphatic heterocycles. The van der Waals surface area contributed by atoms with E-state index in [9.17, 15) is 9.59 Å². The molecule has 5 heteroatoms. The quantitative estimate of drug-likeness (QED) is 0.624. The summed E-state index contributed by atoms with van der Waals surface area (Å²) in [5.41, 5.74) is 4.29. The van der Waals surface area contributed by atoms with E-state index >= 15 is 0 Å². The zero-order chi connectivity index (χ0) is 12.3. The standard InChI is InChI=1S/C10H19N2O3/c1-9(2,3)7(13)11-12-8(14)15-10(4,5)6/h1-6H3,(H,11,13). The van der Waals surface area contributed by atoms with Crippen LogP contribution < -0.4 is 10.9 Å². The number of ether oxygens (including phenoxy) is 1. The molecule has 0 aromatic carbocycles. The van der Waals surface area contributed by atoms with Crippen molar-refractivity contribution < 1.29 is 14.3 Å². The zero-order valence-electron chi connectivity index (χ0n) is 10.2. The number of nitrogens with one attached hydrogen (secondary N) is 1. The number of carbonyl (C=O) groups is 2. The Morgan fingerprint density at radius 2 is 1.53 bits per heavy atom. The van der Waals surface area contributed by atoms with Crippen LogP contribution in [-0.2, 0) is 9.53 Å². The number of hydrogen-bond acceptors (Lipinski definition) is 3. The number of amides is 2. The third-order valence-corrected chi connectivity index (χ3v) is 1.32. The molecule has 15 heavy (non-hydrogen) atoms. The number of nitrogens with zero attached hydrogens (tertiary/aromatic N) is 1. The molecule has 0 aromatic rings. The summed E-state index contributed by atoms with van der Waals surface area (Å²) in [5, 5.41) is 0. The van der Waals surface area contributed by atoms with E-state index in [1.54, 1.807) is 41.5 Å². The summed E-state index contributed by atoms with van der Waals surface area (Å²) in [6.07, 6.45) is -0.792. The van der Waals surface area contributed by atoms with Crippen LogP contribution in [0.1, 0.15) is 41.5 Å². The average molecular weight is 215 g/mol. The van der Waals surface area contributed by atoms with Gasteiger partial charge in [-0.05, 0) is 20.8 Å². The molecule has 0 atom stereocenters. The lowest BCUT2D eigenvalue weighted by molar-refractivity contribution is -0.129. The van der Waals surface area contributed by atoms with Gasteiger partial charge in [-0.3, -0.25) is 4.79 Å². The molecule has 0 fully saturated rings. The molecule has 0 aromatic heterocycles. The second-order valence-corrected chi connectivity index (χ2v) is 5.28. The maximum Gasteiger partial charge on any atom is 0.451 e. The minimum Gasteiger partial charge on any atom is -0.441 e. The van der Waals surface area contributed by atoms with E-state index < -0.39 is 17.1 Å².